The Morgan fingerprint density at radius 3 is 2.78 bits per heavy atom. The van der Waals surface area contributed by atoms with Crippen molar-refractivity contribution in [1.29, 1.82) is 0 Å². The predicted octanol–water partition coefficient (Wildman–Crippen LogP) is 2.75. The van der Waals surface area contributed by atoms with Crippen LogP contribution >= 0.6 is 0 Å². The van der Waals surface area contributed by atoms with E-state index < -0.39 is 0 Å². The zero-order chi connectivity index (χ0) is 6.69. The van der Waals surface area contributed by atoms with Gasteiger partial charge in [-0.05, 0) is 31.1 Å². The van der Waals surface area contributed by atoms with Crippen LogP contribution in [0.4, 0.5) is 4.39 Å². The molecule has 1 rings (SSSR count). The SMILES string of the molecule is C/C=C1\C=CC(F)=CC1. The third-order valence-electron chi connectivity index (χ3n) is 1.36. The van der Waals surface area contributed by atoms with Crippen LogP contribution in [0.5, 0.6) is 0 Å². The smallest absolute Gasteiger partial charge is 0.119 e. The van der Waals surface area contributed by atoms with E-state index >= 15 is 0 Å². The molecule has 0 nitrogen and oxygen atoms in total. The fourth-order valence-corrected chi connectivity index (χ4v) is 0.752. The quantitative estimate of drug-likeness (QED) is 0.465. The van der Waals surface area contributed by atoms with Crippen molar-refractivity contribution in [2.45, 2.75) is 13.3 Å². The lowest BCUT2D eigenvalue weighted by atomic mass is 10.1. The van der Waals surface area contributed by atoms with Gasteiger partial charge in [-0.1, -0.05) is 12.2 Å². The minimum Gasteiger partial charge on any atom is -0.207 e. The number of rotatable bonds is 0. The lowest BCUT2D eigenvalue weighted by Crippen LogP contribution is -1.81. The molecule has 0 spiro atoms. The van der Waals surface area contributed by atoms with Gasteiger partial charge in [0.05, 0.1) is 0 Å². The molecule has 1 aliphatic carbocycles. The summed E-state index contributed by atoms with van der Waals surface area (Å²) in [5, 5.41) is 0. The van der Waals surface area contributed by atoms with Crippen LogP contribution < -0.4 is 0 Å². The Morgan fingerprint density at radius 1 is 1.56 bits per heavy atom. The van der Waals surface area contributed by atoms with Gasteiger partial charge in [-0.15, -0.1) is 0 Å². The molecule has 0 aromatic heterocycles. The van der Waals surface area contributed by atoms with Crippen molar-refractivity contribution >= 4 is 0 Å². The molecule has 0 heterocycles. The Labute approximate surface area is 54.4 Å². The van der Waals surface area contributed by atoms with Crippen LogP contribution in [0.15, 0.2) is 35.7 Å². The van der Waals surface area contributed by atoms with Crippen LogP contribution in [-0.4, -0.2) is 0 Å². The van der Waals surface area contributed by atoms with Crippen LogP contribution in [-0.2, 0) is 0 Å². The Morgan fingerprint density at radius 2 is 2.33 bits per heavy atom. The summed E-state index contributed by atoms with van der Waals surface area (Å²) in [4.78, 5) is 0. The number of hydrogen-bond acceptors (Lipinski definition) is 0. The van der Waals surface area contributed by atoms with Crippen LogP contribution in [0.25, 0.3) is 0 Å². The topological polar surface area (TPSA) is 0 Å². The molecule has 0 aliphatic heterocycles. The van der Waals surface area contributed by atoms with Crippen molar-refractivity contribution in [2.75, 3.05) is 0 Å². The highest BCUT2D eigenvalue weighted by Gasteiger charge is 1.96. The van der Waals surface area contributed by atoms with Gasteiger partial charge >= 0.3 is 0 Å². The summed E-state index contributed by atoms with van der Waals surface area (Å²) in [6.07, 6.45) is 7.59. The van der Waals surface area contributed by atoms with Gasteiger partial charge in [-0.2, -0.15) is 0 Å². The Balaban J connectivity index is 2.70. The highest BCUT2D eigenvalue weighted by molar-refractivity contribution is 5.31. The van der Waals surface area contributed by atoms with Crippen LogP contribution in [0, 0.1) is 0 Å². The fraction of sp³-hybridized carbons (Fsp3) is 0.250. The average molecular weight is 124 g/mol. The highest BCUT2D eigenvalue weighted by Crippen LogP contribution is 2.15. The van der Waals surface area contributed by atoms with E-state index in [0.29, 0.717) is 0 Å². The van der Waals surface area contributed by atoms with Crippen molar-refractivity contribution in [1.82, 2.24) is 0 Å². The first kappa shape index (κ1) is 6.27. The predicted molar refractivity (Wildman–Crippen MR) is 36.7 cm³/mol. The van der Waals surface area contributed by atoms with E-state index in [1.54, 1.807) is 12.2 Å². The molecule has 0 N–H and O–H groups in total. The van der Waals surface area contributed by atoms with E-state index in [1.165, 1.54) is 11.6 Å². The lowest BCUT2D eigenvalue weighted by Gasteiger charge is -2.00. The third kappa shape index (κ3) is 1.53. The van der Waals surface area contributed by atoms with Gasteiger partial charge in [-0.25, -0.2) is 4.39 Å². The first-order valence-corrected chi connectivity index (χ1v) is 3.02. The van der Waals surface area contributed by atoms with Gasteiger partial charge in [0.25, 0.3) is 0 Å². The van der Waals surface area contributed by atoms with Crippen molar-refractivity contribution in [3.05, 3.63) is 35.7 Å². The molecule has 1 heteroatoms. The molecule has 0 amide bonds. The summed E-state index contributed by atoms with van der Waals surface area (Å²) in [6.45, 7) is 1.96. The second-order valence-corrected chi connectivity index (χ2v) is 1.99. The maximum Gasteiger partial charge on any atom is 0.119 e. The van der Waals surface area contributed by atoms with Gasteiger partial charge in [-0.3, -0.25) is 0 Å². The Hall–Kier alpha value is -0.850. The van der Waals surface area contributed by atoms with Crippen molar-refractivity contribution in [2.24, 2.45) is 0 Å². The molecule has 0 saturated carbocycles. The fourth-order valence-electron chi connectivity index (χ4n) is 0.752. The van der Waals surface area contributed by atoms with Gasteiger partial charge in [0.1, 0.15) is 5.83 Å². The minimum atomic E-state index is -0.124. The van der Waals surface area contributed by atoms with Crippen molar-refractivity contribution < 1.29 is 4.39 Å². The Kier molecular flexibility index (Phi) is 1.83. The molecule has 1 aliphatic rings. The normalized spacial score (nSPS) is 22.4. The molecule has 9 heavy (non-hydrogen) atoms. The van der Waals surface area contributed by atoms with Crippen molar-refractivity contribution in [3.8, 4) is 0 Å². The Bertz CT molecular complexity index is 185. The molecule has 0 saturated heterocycles. The maximum atomic E-state index is 12.2. The number of halogens is 1. The van der Waals surface area contributed by atoms with E-state index in [-0.39, 0.29) is 5.83 Å². The maximum absolute atomic E-state index is 12.2. The summed E-state index contributed by atoms with van der Waals surface area (Å²) >= 11 is 0. The molecule has 0 bridgehead atoms. The molecule has 0 unspecified atom stereocenters. The summed E-state index contributed by atoms with van der Waals surface area (Å²) < 4.78 is 12.2. The first-order chi connectivity index (χ1) is 4.33. The molecule has 0 aromatic carbocycles. The van der Waals surface area contributed by atoms with E-state index in [0.717, 1.165) is 6.42 Å². The second-order valence-electron chi connectivity index (χ2n) is 1.99. The van der Waals surface area contributed by atoms with E-state index in [4.69, 9.17) is 0 Å². The second kappa shape index (κ2) is 2.62. The van der Waals surface area contributed by atoms with E-state index in [1.807, 2.05) is 13.0 Å². The molecular formula is C8H9F. The van der Waals surface area contributed by atoms with Gasteiger partial charge in [0, 0.05) is 0 Å². The zero-order valence-corrected chi connectivity index (χ0v) is 5.39. The highest BCUT2D eigenvalue weighted by atomic mass is 19.1. The van der Waals surface area contributed by atoms with Crippen LogP contribution in [0.3, 0.4) is 0 Å². The standard InChI is InChI=1S/C8H9F/c1-2-7-3-5-8(9)6-4-7/h2-3,5-6H,4H2,1H3/b7-2+. The molecule has 0 radical (unpaired) electrons. The summed E-state index contributed by atoms with van der Waals surface area (Å²) in [5.74, 6) is -0.124. The van der Waals surface area contributed by atoms with Gasteiger partial charge < -0.3 is 0 Å². The summed E-state index contributed by atoms with van der Waals surface area (Å²) in [6, 6.07) is 0. The first-order valence-electron chi connectivity index (χ1n) is 3.02. The van der Waals surface area contributed by atoms with Gasteiger partial charge in [0.2, 0.25) is 0 Å². The molecule has 0 atom stereocenters. The molecule has 0 fully saturated rings. The van der Waals surface area contributed by atoms with Gasteiger partial charge in [0.15, 0.2) is 0 Å². The summed E-state index contributed by atoms with van der Waals surface area (Å²) in [7, 11) is 0. The largest absolute Gasteiger partial charge is 0.207 e. The minimum absolute atomic E-state index is 0.124. The van der Waals surface area contributed by atoms with Crippen molar-refractivity contribution in [3.63, 3.8) is 0 Å². The van der Waals surface area contributed by atoms with E-state index in [9.17, 15) is 4.39 Å². The molecule has 48 valence electrons. The number of hydrogen-bond donors (Lipinski definition) is 0. The average Bonchev–Trinajstić information content (AvgIpc) is 1.90. The third-order valence-corrected chi connectivity index (χ3v) is 1.36. The molecular weight excluding hydrogens is 115 g/mol. The molecule has 0 aromatic rings. The van der Waals surface area contributed by atoms with Crippen LogP contribution in [0.2, 0.25) is 0 Å². The summed E-state index contributed by atoms with van der Waals surface area (Å²) in [5.41, 5.74) is 1.18. The van der Waals surface area contributed by atoms with E-state index in [2.05, 4.69) is 0 Å². The lowest BCUT2D eigenvalue weighted by molar-refractivity contribution is 0.659. The van der Waals surface area contributed by atoms with Crippen LogP contribution in [0.1, 0.15) is 13.3 Å². The number of allylic oxidation sites excluding steroid dienone is 6. The monoisotopic (exact) mass is 124 g/mol. The zero-order valence-electron chi connectivity index (χ0n) is 5.39.